The van der Waals surface area contributed by atoms with Gasteiger partial charge in [-0.25, -0.2) is 4.98 Å². The Morgan fingerprint density at radius 3 is 2.80 bits per heavy atom. The fourth-order valence-electron chi connectivity index (χ4n) is 3.75. The highest BCUT2D eigenvalue weighted by Crippen LogP contribution is 2.24. The monoisotopic (exact) mass is 334 g/mol. The van der Waals surface area contributed by atoms with Crippen LogP contribution in [0.1, 0.15) is 29.0 Å². The van der Waals surface area contributed by atoms with E-state index in [4.69, 9.17) is 5.73 Å². The Balaban J connectivity index is 1.74. The van der Waals surface area contributed by atoms with E-state index in [0.717, 1.165) is 41.9 Å². The number of carbonyl (C=O) groups is 1. The first kappa shape index (κ1) is 15.8. The van der Waals surface area contributed by atoms with Crippen molar-refractivity contribution in [2.45, 2.75) is 25.8 Å². The summed E-state index contributed by atoms with van der Waals surface area (Å²) in [5, 5.41) is 0. The van der Waals surface area contributed by atoms with Gasteiger partial charge in [0.1, 0.15) is 5.82 Å². The fraction of sp³-hybridized carbons (Fsp3) is 0.300. The van der Waals surface area contributed by atoms with Crippen molar-refractivity contribution in [3.8, 4) is 5.69 Å². The molecule has 128 valence electrons. The van der Waals surface area contributed by atoms with Crippen LogP contribution in [-0.2, 0) is 0 Å². The SMILES string of the molecule is Cc1nc2cc(C(=O)N3CCCC3CN)ccc2n1-c1ccccc1. The molecule has 4 rings (SSSR count). The molecule has 2 heterocycles. The highest BCUT2D eigenvalue weighted by atomic mass is 16.2. The lowest BCUT2D eigenvalue weighted by atomic mass is 10.1. The summed E-state index contributed by atoms with van der Waals surface area (Å²) in [6, 6.07) is 16.1. The molecular formula is C20H22N4O. The molecule has 5 nitrogen and oxygen atoms in total. The first-order valence-corrected chi connectivity index (χ1v) is 8.74. The topological polar surface area (TPSA) is 64.2 Å². The van der Waals surface area contributed by atoms with Crippen molar-refractivity contribution in [1.82, 2.24) is 14.5 Å². The van der Waals surface area contributed by atoms with Crippen LogP contribution in [0.2, 0.25) is 0 Å². The molecule has 1 atom stereocenters. The molecule has 1 saturated heterocycles. The number of fused-ring (bicyclic) bond motifs is 1. The van der Waals surface area contributed by atoms with Crippen LogP contribution in [0, 0.1) is 6.92 Å². The molecule has 2 N–H and O–H groups in total. The number of carbonyl (C=O) groups excluding carboxylic acids is 1. The Morgan fingerprint density at radius 1 is 1.24 bits per heavy atom. The van der Waals surface area contributed by atoms with Crippen molar-refractivity contribution in [1.29, 1.82) is 0 Å². The third-order valence-corrected chi connectivity index (χ3v) is 4.99. The van der Waals surface area contributed by atoms with Gasteiger partial charge in [0.05, 0.1) is 11.0 Å². The van der Waals surface area contributed by atoms with E-state index in [0.29, 0.717) is 12.1 Å². The van der Waals surface area contributed by atoms with Crippen LogP contribution >= 0.6 is 0 Å². The van der Waals surface area contributed by atoms with Crippen LogP contribution in [0.25, 0.3) is 16.7 Å². The number of rotatable bonds is 3. The van der Waals surface area contributed by atoms with Crippen molar-refractivity contribution in [2.24, 2.45) is 5.73 Å². The Kier molecular flexibility index (Phi) is 4.01. The minimum absolute atomic E-state index is 0.0572. The summed E-state index contributed by atoms with van der Waals surface area (Å²) in [6.45, 7) is 3.30. The second-order valence-electron chi connectivity index (χ2n) is 6.56. The van der Waals surface area contributed by atoms with Crippen LogP contribution in [-0.4, -0.2) is 39.5 Å². The van der Waals surface area contributed by atoms with Gasteiger partial charge in [-0.15, -0.1) is 0 Å². The highest BCUT2D eigenvalue weighted by molar-refractivity contribution is 5.98. The summed E-state index contributed by atoms with van der Waals surface area (Å²) in [6.07, 6.45) is 2.02. The lowest BCUT2D eigenvalue weighted by molar-refractivity contribution is 0.0741. The lowest BCUT2D eigenvalue weighted by Gasteiger charge is -2.23. The number of para-hydroxylation sites is 1. The number of hydrogen-bond donors (Lipinski definition) is 1. The number of aromatic nitrogens is 2. The lowest BCUT2D eigenvalue weighted by Crippen LogP contribution is -2.39. The van der Waals surface area contributed by atoms with Crippen LogP contribution in [0.4, 0.5) is 0 Å². The number of benzene rings is 2. The zero-order chi connectivity index (χ0) is 17.4. The predicted molar refractivity (Wildman–Crippen MR) is 98.9 cm³/mol. The first-order chi connectivity index (χ1) is 12.2. The quantitative estimate of drug-likeness (QED) is 0.801. The van der Waals surface area contributed by atoms with Gasteiger partial charge in [0.15, 0.2) is 0 Å². The summed E-state index contributed by atoms with van der Waals surface area (Å²) >= 11 is 0. The summed E-state index contributed by atoms with van der Waals surface area (Å²) in [7, 11) is 0. The smallest absolute Gasteiger partial charge is 0.254 e. The van der Waals surface area contributed by atoms with Crippen LogP contribution in [0.5, 0.6) is 0 Å². The van der Waals surface area contributed by atoms with E-state index in [2.05, 4.69) is 21.7 Å². The second kappa shape index (κ2) is 6.33. The van der Waals surface area contributed by atoms with Crippen LogP contribution in [0.3, 0.4) is 0 Å². The molecule has 0 aliphatic carbocycles. The molecule has 0 radical (unpaired) electrons. The second-order valence-corrected chi connectivity index (χ2v) is 6.56. The zero-order valence-corrected chi connectivity index (χ0v) is 14.4. The van der Waals surface area contributed by atoms with Crippen molar-refractivity contribution in [2.75, 3.05) is 13.1 Å². The Hall–Kier alpha value is -2.66. The maximum absolute atomic E-state index is 12.9. The van der Waals surface area contributed by atoms with E-state index in [1.807, 2.05) is 48.2 Å². The third-order valence-electron chi connectivity index (χ3n) is 4.99. The van der Waals surface area contributed by atoms with E-state index in [1.165, 1.54) is 0 Å². The van der Waals surface area contributed by atoms with Crippen molar-refractivity contribution in [3.63, 3.8) is 0 Å². The number of nitrogens with two attached hydrogens (primary N) is 1. The molecular weight excluding hydrogens is 312 g/mol. The average molecular weight is 334 g/mol. The summed E-state index contributed by atoms with van der Waals surface area (Å²) in [4.78, 5) is 19.4. The predicted octanol–water partition coefficient (Wildman–Crippen LogP) is 2.90. The zero-order valence-electron chi connectivity index (χ0n) is 14.4. The van der Waals surface area contributed by atoms with E-state index < -0.39 is 0 Å². The number of likely N-dealkylation sites (tertiary alicyclic amines) is 1. The molecule has 25 heavy (non-hydrogen) atoms. The maximum atomic E-state index is 12.9. The van der Waals surface area contributed by atoms with Gasteiger partial charge < -0.3 is 10.6 Å². The third kappa shape index (κ3) is 2.70. The van der Waals surface area contributed by atoms with Gasteiger partial charge in [-0.3, -0.25) is 9.36 Å². The Labute approximate surface area is 147 Å². The molecule has 0 spiro atoms. The molecule has 1 aliphatic rings. The van der Waals surface area contributed by atoms with Gasteiger partial charge in [0.2, 0.25) is 0 Å². The molecule has 3 aromatic rings. The Morgan fingerprint density at radius 2 is 2.04 bits per heavy atom. The molecule has 1 aliphatic heterocycles. The van der Waals surface area contributed by atoms with Gasteiger partial charge in [-0.05, 0) is 50.1 Å². The first-order valence-electron chi connectivity index (χ1n) is 8.74. The fourth-order valence-corrected chi connectivity index (χ4v) is 3.75. The number of aryl methyl sites for hydroxylation is 1. The van der Waals surface area contributed by atoms with Crippen LogP contribution in [0.15, 0.2) is 48.5 Å². The molecule has 5 heteroatoms. The van der Waals surface area contributed by atoms with Gasteiger partial charge in [0, 0.05) is 30.4 Å². The number of imidazole rings is 1. The van der Waals surface area contributed by atoms with Gasteiger partial charge >= 0.3 is 0 Å². The average Bonchev–Trinajstić information content (AvgIpc) is 3.24. The number of hydrogen-bond acceptors (Lipinski definition) is 3. The van der Waals surface area contributed by atoms with Crippen LogP contribution < -0.4 is 5.73 Å². The molecule has 2 aromatic carbocycles. The van der Waals surface area contributed by atoms with E-state index in [9.17, 15) is 4.79 Å². The summed E-state index contributed by atoms with van der Waals surface area (Å²) < 4.78 is 2.11. The van der Waals surface area contributed by atoms with E-state index in [1.54, 1.807) is 0 Å². The molecule has 1 unspecified atom stereocenters. The minimum Gasteiger partial charge on any atom is -0.334 e. The minimum atomic E-state index is 0.0572. The highest BCUT2D eigenvalue weighted by Gasteiger charge is 2.28. The maximum Gasteiger partial charge on any atom is 0.254 e. The van der Waals surface area contributed by atoms with Gasteiger partial charge in [0.25, 0.3) is 5.91 Å². The Bertz CT molecular complexity index is 916. The van der Waals surface area contributed by atoms with Gasteiger partial charge in [-0.1, -0.05) is 18.2 Å². The molecule has 0 saturated carbocycles. The van der Waals surface area contributed by atoms with Crippen molar-refractivity contribution < 1.29 is 4.79 Å². The van der Waals surface area contributed by atoms with Crippen molar-refractivity contribution in [3.05, 3.63) is 59.9 Å². The molecule has 1 amide bonds. The molecule has 0 bridgehead atoms. The summed E-state index contributed by atoms with van der Waals surface area (Å²) in [5.41, 5.74) is 9.42. The van der Waals surface area contributed by atoms with E-state index >= 15 is 0 Å². The molecule has 1 fully saturated rings. The van der Waals surface area contributed by atoms with Gasteiger partial charge in [-0.2, -0.15) is 0 Å². The largest absolute Gasteiger partial charge is 0.334 e. The number of nitrogens with zero attached hydrogens (tertiary/aromatic N) is 3. The standard InChI is InChI=1S/C20H22N4O/c1-14-22-18-12-15(20(25)23-11-5-8-17(23)13-21)9-10-19(18)24(14)16-6-3-2-4-7-16/h2-4,6-7,9-10,12,17H,5,8,11,13,21H2,1H3. The molecule has 1 aromatic heterocycles. The summed E-state index contributed by atoms with van der Waals surface area (Å²) in [5.74, 6) is 0.966. The van der Waals surface area contributed by atoms with Crippen molar-refractivity contribution >= 4 is 16.9 Å². The number of amides is 1. The normalized spacial score (nSPS) is 17.4. The van der Waals surface area contributed by atoms with E-state index in [-0.39, 0.29) is 11.9 Å².